The highest BCUT2D eigenvalue weighted by molar-refractivity contribution is 9.10. The van der Waals surface area contributed by atoms with Gasteiger partial charge in [0.1, 0.15) is 10.7 Å². The smallest absolute Gasteiger partial charge is 0.283 e. The number of rotatable bonds is 5. The molecule has 0 saturated heterocycles. The molecule has 0 aromatic heterocycles. The van der Waals surface area contributed by atoms with E-state index in [-0.39, 0.29) is 16.6 Å². The molecule has 3 aromatic carbocycles. The van der Waals surface area contributed by atoms with Crippen LogP contribution in [-0.4, -0.2) is 17.7 Å². The van der Waals surface area contributed by atoms with Crippen molar-refractivity contribution >= 4 is 62.3 Å². The van der Waals surface area contributed by atoms with Gasteiger partial charge in [0.15, 0.2) is 0 Å². The summed E-state index contributed by atoms with van der Waals surface area (Å²) in [7, 11) is 0. The van der Waals surface area contributed by atoms with E-state index in [0.717, 1.165) is 20.5 Å². The van der Waals surface area contributed by atoms with Crippen molar-refractivity contribution in [2.24, 2.45) is 0 Å². The molecule has 0 spiro atoms. The van der Waals surface area contributed by atoms with Gasteiger partial charge in [-0.05, 0) is 79.6 Å². The summed E-state index contributed by atoms with van der Waals surface area (Å²) in [5.41, 5.74) is 3.89. The van der Waals surface area contributed by atoms with Crippen LogP contribution in [0.25, 0.3) is 0 Å². The van der Waals surface area contributed by atoms with Gasteiger partial charge in [-0.1, -0.05) is 39.7 Å². The molecule has 0 unspecified atom stereocenters. The van der Waals surface area contributed by atoms with Gasteiger partial charge >= 0.3 is 0 Å². The fraction of sp³-hybridized carbons (Fsp3) is 0.0800. The summed E-state index contributed by atoms with van der Waals surface area (Å²) < 4.78 is 0.905. The first-order valence-electron chi connectivity index (χ1n) is 10.0. The van der Waals surface area contributed by atoms with Crippen molar-refractivity contribution in [2.45, 2.75) is 13.8 Å². The lowest BCUT2D eigenvalue weighted by Crippen LogP contribution is -2.32. The standard InChI is InChI=1S/C25H19BrClN3O3/c1-14-6-11-20(12-15(14)2)30-24(32)21(27)22(25(30)33)28-19-5-3-4-16(13-19)23(31)29-18-9-7-17(26)8-10-18/h3-13,28H,1-2H3,(H,29,31). The quantitative estimate of drug-likeness (QED) is 0.416. The molecule has 1 aliphatic rings. The average Bonchev–Trinajstić information content (AvgIpc) is 3.00. The topological polar surface area (TPSA) is 78.5 Å². The van der Waals surface area contributed by atoms with Crippen molar-refractivity contribution < 1.29 is 14.4 Å². The van der Waals surface area contributed by atoms with Crippen LogP contribution in [0.15, 0.2) is 81.9 Å². The van der Waals surface area contributed by atoms with Gasteiger partial charge in [0.2, 0.25) is 0 Å². The summed E-state index contributed by atoms with van der Waals surface area (Å²) in [5, 5.41) is 5.52. The molecule has 0 atom stereocenters. The van der Waals surface area contributed by atoms with Crippen LogP contribution in [0.3, 0.4) is 0 Å². The summed E-state index contributed by atoms with van der Waals surface area (Å²) in [5.74, 6) is -1.47. The molecular formula is C25H19BrClN3O3. The van der Waals surface area contributed by atoms with Crippen molar-refractivity contribution in [1.82, 2.24) is 0 Å². The minimum atomic E-state index is -0.600. The van der Waals surface area contributed by atoms with Gasteiger partial charge in [-0.25, -0.2) is 4.90 Å². The molecule has 166 valence electrons. The van der Waals surface area contributed by atoms with E-state index in [2.05, 4.69) is 26.6 Å². The van der Waals surface area contributed by atoms with Gasteiger partial charge in [0, 0.05) is 21.4 Å². The van der Waals surface area contributed by atoms with Crippen LogP contribution in [0.2, 0.25) is 0 Å². The number of aryl methyl sites for hydroxylation is 2. The van der Waals surface area contributed by atoms with E-state index in [4.69, 9.17) is 11.6 Å². The Hall–Kier alpha value is -3.42. The monoisotopic (exact) mass is 523 g/mol. The molecule has 1 heterocycles. The Bertz CT molecular complexity index is 1320. The second kappa shape index (κ2) is 9.21. The molecule has 0 radical (unpaired) electrons. The number of imide groups is 1. The first-order chi connectivity index (χ1) is 15.7. The highest BCUT2D eigenvalue weighted by Crippen LogP contribution is 2.31. The lowest BCUT2D eigenvalue weighted by Gasteiger charge is -2.16. The lowest BCUT2D eigenvalue weighted by molar-refractivity contribution is -0.120. The third-order valence-corrected chi connectivity index (χ3v) is 6.15. The zero-order chi connectivity index (χ0) is 23.7. The minimum Gasteiger partial charge on any atom is -0.350 e. The van der Waals surface area contributed by atoms with Gasteiger partial charge in [0.05, 0.1) is 5.69 Å². The van der Waals surface area contributed by atoms with Crippen molar-refractivity contribution in [3.8, 4) is 0 Å². The molecule has 2 N–H and O–H groups in total. The predicted octanol–water partition coefficient (Wildman–Crippen LogP) is 5.75. The van der Waals surface area contributed by atoms with Gasteiger partial charge in [-0.15, -0.1) is 0 Å². The average molecular weight is 525 g/mol. The molecule has 0 fully saturated rings. The number of anilines is 3. The zero-order valence-corrected chi connectivity index (χ0v) is 20.1. The fourth-order valence-electron chi connectivity index (χ4n) is 3.33. The van der Waals surface area contributed by atoms with E-state index in [1.165, 1.54) is 0 Å². The van der Waals surface area contributed by atoms with Crippen LogP contribution in [0, 0.1) is 13.8 Å². The molecule has 6 nitrogen and oxygen atoms in total. The summed E-state index contributed by atoms with van der Waals surface area (Å²) >= 11 is 9.59. The van der Waals surface area contributed by atoms with Crippen LogP contribution < -0.4 is 15.5 Å². The van der Waals surface area contributed by atoms with Gasteiger partial charge in [0.25, 0.3) is 17.7 Å². The lowest BCUT2D eigenvalue weighted by atomic mass is 10.1. The molecule has 1 aliphatic heterocycles. The van der Waals surface area contributed by atoms with Crippen LogP contribution in [0.1, 0.15) is 21.5 Å². The van der Waals surface area contributed by atoms with E-state index in [9.17, 15) is 14.4 Å². The van der Waals surface area contributed by atoms with Crippen molar-refractivity contribution in [1.29, 1.82) is 0 Å². The zero-order valence-electron chi connectivity index (χ0n) is 17.8. The van der Waals surface area contributed by atoms with E-state index < -0.39 is 11.8 Å². The Morgan fingerprint density at radius 1 is 0.879 bits per heavy atom. The molecule has 33 heavy (non-hydrogen) atoms. The van der Waals surface area contributed by atoms with Crippen molar-refractivity contribution in [2.75, 3.05) is 15.5 Å². The molecule has 3 aromatic rings. The first kappa shape index (κ1) is 22.8. The van der Waals surface area contributed by atoms with Crippen molar-refractivity contribution in [3.05, 3.63) is 98.6 Å². The minimum absolute atomic E-state index is 0.0367. The molecule has 3 amide bonds. The van der Waals surface area contributed by atoms with E-state index in [1.54, 1.807) is 48.5 Å². The summed E-state index contributed by atoms with van der Waals surface area (Å²) in [4.78, 5) is 39.4. The summed E-state index contributed by atoms with van der Waals surface area (Å²) in [6.07, 6.45) is 0. The molecular weight excluding hydrogens is 506 g/mol. The highest BCUT2D eigenvalue weighted by Gasteiger charge is 2.39. The maximum absolute atomic E-state index is 13.0. The largest absolute Gasteiger partial charge is 0.350 e. The molecule has 0 aliphatic carbocycles. The normalized spacial score (nSPS) is 13.5. The Morgan fingerprint density at radius 2 is 1.61 bits per heavy atom. The second-order valence-electron chi connectivity index (χ2n) is 7.57. The molecule has 0 saturated carbocycles. The SMILES string of the molecule is Cc1ccc(N2C(=O)C(Cl)=C(Nc3cccc(C(=O)Nc4ccc(Br)cc4)c3)C2=O)cc1C. The number of halogens is 2. The van der Waals surface area contributed by atoms with Crippen LogP contribution in [0.5, 0.6) is 0 Å². The first-order valence-corrected chi connectivity index (χ1v) is 11.2. The number of carbonyl (C=O) groups is 3. The van der Waals surface area contributed by atoms with Gasteiger partial charge < -0.3 is 10.6 Å². The summed E-state index contributed by atoms with van der Waals surface area (Å²) in [6, 6.07) is 19.1. The van der Waals surface area contributed by atoms with Crippen LogP contribution >= 0.6 is 27.5 Å². The maximum atomic E-state index is 13.0. The summed E-state index contributed by atoms with van der Waals surface area (Å²) in [6.45, 7) is 3.85. The third-order valence-electron chi connectivity index (χ3n) is 5.27. The number of hydrogen-bond acceptors (Lipinski definition) is 4. The predicted molar refractivity (Wildman–Crippen MR) is 133 cm³/mol. The Morgan fingerprint density at radius 3 is 2.30 bits per heavy atom. The second-order valence-corrected chi connectivity index (χ2v) is 8.86. The third kappa shape index (κ3) is 4.69. The van der Waals surface area contributed by atoms with E-state index in [1.807, 2.05) is 32.0 Å². The highest BCUT2D eigenvalue weighted by atomic mass is 79.9. The fourth-order valence-corrected chi connectivity index (χ4v) is 3.81. The van der Waals surface area contributed by atoms with Crippen LogP contribution in [-0.2, 0) is 9.59 Å². The number of nitrogens with one attached hydrogen (secondary N) is 2. The number of amides is 3. The molecule has 8 heteroatoms. The number of carbonyl (C=O) groups excluding carboxylic acids is 3. The number of nitrogens with zero attached hydrogens (tertiary/aromatic N) is 1. The molecule has 0 bridgehead atoms. The van der Waals surface area contributed by atoms with E-state index in [0.29, 0.717) is 22.6 Å². The Balaban J connectivity index is 1.54. The van der Waals surface area contributed by atoms with Crippen LogP contribution in [0.4, 0.5) is 17.1 Å². The number of benzene rings is 3. The van der Waals surface area contributed by atoms with E-state index >= 15 is 0 Å². The number of hydrogen-bond donors (Lipinski definition) is 2. The Kier molecular flexibility index (Phi) is 6.35. The van der Waals surface area contributed by atoms with Gasteiger partial charge in [-0.3, -0.25) is 14.4 Å². The van der Waals surface area contributed by atoms with Crippen molar-refractivity contribution in [3.63, 3.8) is 0 Å². The maximum Gasteiger partial charge on any atom is 0.283 e. The molecule has 4 rings (SSSR count). The Labute approximate surface area is 204 Å². The van der Waals surface area contributed by atoms with Gasteiger partial charge in [-0.2, -0.15) is 0 Å².